The van der Waals surface area contributed by atoms with Gasteiger partial charge in [0.2, 0.25) is 0 Å². The number of benzene rings is 1. The average molecular weight is 253 g/mol. The fourth-order valence-corrected chi connectivity index (χ4v) is 1.62. The molecule has 0 aliphatic heterocycles. The number of ether oxygens (including phenoxy) is 1. The van der Waals surface area contributed by atoms with E-state index in [0.717, 1.165) is 0 Å². The standard InChI is InChI=1S/C13H13F2NO2/c1-3-18-12(17)6-9-5-11(13(14)15)8(2)4-10(9)7-16/h4-5,13H,3,6H2,1-2H3. The summed E-state index contributed by atoms with van der Waals surface area (Å²) < 4.78 is 30.2. The zero-order valence-corrected chi connectivity index (χ0v) is 10.2. The molecule has 0 unspecified atom stereocenters. The van der Waals surface area contributed by atoms with Crippen LogP contribution in [-0.2, 0) is 16.0 Å². The van der Waals surface area contributed by atoms with Crippen molar-refractivity contribution >= 4 is 5.97 Å². The first-order valence-corrected chi connectivity index (χ1v) is 5.46. The molecule has 0 N–H and O–H groups in total. The van der Waals surface area contributed by atoms with Gasteiger partial charge in [-0.1, -0.05) is 0 Å². The SMILES string of the molecule is CCOC(=O)Cc1cc(C(F)F)c(C)cc1C#N. The molecule has 18 heavy (non-hydrogen) atoms. The monoisotopic (exact) mass is 253 g/mol. The van der Waals surface area contributed by atoms with E-state index in [1.54, 1.807) is 6.92 Å². The van der Waals surface area contributed by atoms with Crippen molar-refractivity contribution in [2.45, 2.75) is 26.7 Å². The lowest BCUT2D eigenvalue weighted by atomic mass is 9.98. The maximum atomic E-state index is 12.7. The van der Waals surface area contributed by atoms with Crippen LogP contribution in [0.5, 0.6) is 0 Å². The van der Waals surface area contributed by atoms with E-state index in [1.165, 1.54) is 19.1 Å². The molecule has 0 amide bonds. The van der Waals surface area contributed by atoms with E-state index in [-0.39, 0.29) is 29.7 Å². The normalized spacial score (nSPS) is 10.2. The molecular weight excluding hydrogens is 240 g/mol. The highest BCUT2D eigenvalue weighted by molar-refractivity contribution is 5.73. The van der Waals surface area contributed by atoms with Gasteiger partial charge in [-0.15, -0.1) is 0 Å². The lowest BCUT2D eigenvalue weighted by molar-refractivity contribution is -0.142. The molecule has 3 nitrogen and oxygen atoms in total. The van der Waals surface area contributed by atoms with Crippen molar-refractivity contribution in [3.05, 3.63) is 34.4 Å². The number of nitriles is 1. The first-order chi connectivity index (χ1) is 8.49. The van der Waals surface area contributed by atoms with Gasteiger partial charge < -0.3 is 4.74 Å². The Hall–Kier alpha value is -1.96. The summed E-state index contributed by atoms with van der Waals surface area (Å²) in [5, 5.41) is 8.93. The van der Waals surface area contributed by atoms with Crippen LogP contribution in [0.15, 0.2) is 12.1 Å². The molecule has 0 radical (unpaired) electrons. The number of hydrogen-bond donors (Lipinski definition) is 0. The Bertz CT molecular complexity index is 492. The molecule has 1 aromatic carbocycles. The molecule has 1 rings (SSSR count). The fraction of sp³-hybridized carbons (Fsp3) is 0.385. The molecule has 0 heterocycles. The Kier molecular flexibility index (Phi) is 4.78. The van der Waals surface area contributed by atoms with E-state index >= 15 is 0 Å². The Morgan fingerprint density at radius 3 is 2.67 bits per heavy atom. The lowest BCUT2D eigenvalue weighted by Crippen LogP contribution is -2.09. The molecule has 0 saturated carbocycles. The Morgan fingerprint density at radius 2 is 2.17 bits per heavy atom. The topological polar surface area (TPSA) is 50.1 Å². The van der Waals surface area contributed by atoms with Crippen molar-refractivity contribution in [1.29, 1.82) is 5.26 Å². The first kappa shape index (κ1) is 14.1. The number of alkyl halides is 2. The van der Waals surface area contributed by atoms with Crippen molar-refractivity contribution < 1.29 is 18.3 Å². The van der Waals surface area contributed by atoms with Gasteiger partial charge in [-0.25, -0.2) is 8.78 Å². The predicted octanol–water partition coefficient (Wildman–Crippen LogP) is 2.91. The van der Waals surface area contributed by atoms with Crippen LogP contribution in [0, 0.1) is 18.3 Å². The van der Waals surface area contributed by atoms with Crippen molar-refractivity contribution in [2.24, 2.45) is 0 Å². The van der Waals surface area contributed by atoms with E-state index in [2.05, 4.69) is 0 Å². The molecule has 0 atom stereocenters. The maximum absolute atomic E-state index is 12.7. The highest BCUT2D eigenvalue weighted by Gasteiger charge is 2.16. The van der Waals surface area contributed by atoms with Crippen molar-refractivity contribution in [2.75, 3.05) is 6.61 Å². The summed E-state index contributed by atoms with van der Waals surface area (Å²) in [4.78, 5) is 11.3. The van der Waals surface area contributed by atoms with E-state index in [0.29, 0.717) is 5.56 Å². The van der Waals surface area contributed by atoms with E-state index in [1.807, 2.05) is 6.07 Å². The van der Waals surface area contributed by atoms with E-state index in [9.17, 15) is 13.6 Å². The van der Waals surface area contributed by atoms with Gasteiger partial charge in [-0.05, 0) is 37.1 Å². The molecule has 96 valence electrons. The lowest BCUT2D eigenvalue weighted by Gasteiger charge is -2.10. The third-order valence-corrected chi connectivity index (χ3v) is 2.49. The van der Waals surface area contributed by atoms with Crippen LogP contribution in [0.25, 0.3) is 0 Å². The van der Waals surface area contributed by atoms with Gasteiger partial charge in [0.05, 0.1) is 24.7 Å². The largest absolute Gasteiger partial charge is 0.466 e. The average Bonchev–Trinajstić information content (AvgIpc) is 2.30. The van der Waals surface area contributed by atoms with Gasteiger partial charge in [0.15, 0.2) is 0 Å². The summed E-state index contributed by atoms with van der Waals surface area (Å²) in [6.07, 6.45) is -2.80. The smallest absolute Gasteiger partial charge is 0.310 e. The van der Waals surface area contributed by atoms with E-state index in [4.69, 9.17) is 10.00 Å². The second-order valence-corrected chi connectivity index (χ2v) is 3.76. The summed E-state index contributed by atoms with van der Waals surface area (Å²) in [5.41, 5.74) is 0.685. The molecule has 0 fully saturated rings. The Labute approximate surface area is 104 Å². The first-order valence-electron chi connectivity index (χ1n) is 5.46. The van der Waals surface area contributed by atoms with Crippen LogP contribution in [0.4, 0.5) is 8.78 Å². The predicted molar refractivity (Wildman–Crippen MR) is 61.2 cm³/mol. The van der Waals surface area contributed by atoms with Crippen molar-refractivity contribution in [3.63, 3.8) is 0 Å². The molecule has 0 aliphatic carbocycles. The summed E-state index contributed by atoms with van der Waals surface area (Å²) in [6.45, 7) is 3.38. The number of halogens is 2. The summed E-state index contributed by atoms with van der Waals surface area (Å²) in [5.74, 6) is -0.530. The van der Waals surface area contributed by atoms with Crippen molar-refractivity contribution in [3.8, 4) is 6.07 Å². The summed E-state index contributed by atoms with van der Waals surface area (Å²) in [6, 6.07) is 4.47. The highest BCUT2D eigenvalue weighted by Crippen LogP contribution is 2.26. The Morgan fingerprint density at radius 1 is 1.50 bits per heavy atom. The minimum absolute atomic E-state index is 0.159. The number of nitrogens with zero attached hydrogens (tertiary/aromatic N) is 1. The molecule has 0 aromatic heterocycles. The third-order valence-electron chi connectivity index (χ3n) is 2.49. The molecular formula is C13H13F2NO2. The molecule has 0 bridgehead atoms. The molecule has 0 aliphatic rings. The van der Waals surface area contributed by atoms with Crippen LogP contribution in [0.2, 0.25) is 0 Å². The van der Waals surface area contributed by atoms with Gasteiger partial charge in [-0.3, -0.25) is 4.79 Å². The quantitative estimate of drug-likeness (QED) is 0.775. The van der Waals surface area contributed by atoms with Crippen LogP contribution in [0.1, 0.15) is 35.6 Å². The van der Waals surface area contributed by atoms with E-state index < -0.39 is 12.4 Å². The van der Waals surface area contributed by atoms with Gasteiger partial charge in [0.1, 0.15) is 0 Å². The maximum Gasteiger partial charge on any atom is 0.310 e. The zero-order chi connectivity index (χ0) is 13.7. The van der Waals surface area contributed by atoms with Crippen LogP contribution < -0.4 is 0 Å². The van der Waals surface area contributed by atoms with Crippen molar-refractivity contribution in [1.82, 2.24) is 0 Å². The molecule has 0 saturated heterocycles. The summed E-state index contributed by atoms with van der Waals surface area (Å²) in [7, 11) is 0. The minimum atomic E-state index is -2.63. The molecule has 1 aromatic rings. The number of rotatable bonds is 4. The highest BCUT2D eigenvalue weighted by atomic mass is 19.3. The third kappa shape index (κ3) is 3.27. The zero-order valence-electron chi connectivity index (χ0n) is 10.2. The van der Waals surface area contributed by atoms with Gasteiger partial charge in [0, 0.05) is 5.56 Å². The molecule has 0 spiro atoms. The van der Waals surface area contributed by atoms with Gasteiger partial charge in [-0.2, -0.15) is 5.26 Å². The second kappa shape index (κ2) is 6.10. The Balaban J connectivity index is 3.13. The van der Waals surface area contributed by atoms with Gasteiger partial charge in [0.25, 0.3) is 6.43 Å². The fourth-order valence-electron chi connectivity index (χ4n) is 1.62. The van der Waals surface area contributed by atoms with Crippen LogP contribution in [-0.4, -0.2) is 12.6 Å². The number of carbonyl (C=O) groups excluding carboxylic acids is 1. The number of carbonyl (C=O) groups is 1. The summed E-state index contributed by atoms with van der Waals surface area (Å²) >= 11 is 0. The van der Waals surface area contributed by atoms with Crippen LogP contribution >= 0.6 is 0 Å². The number of aryl methyl sites for hydroxylation is 1. The second-order valence-electron chi connectivity index (χ2n) is 3.76. The van der Waals surface area contributed by atoms with Crippen LogP contribution in [0.3, 0.4) is 0 Å². The molecule has 5 heteroatoms. The number of hydrogen-bond acceptors (Lipinski definition) is 3. The number of esters is 1. The minimum Gasteiger partial charge on any atom is -0.466 e. The van der Waals surface area contributed by atoms with Gasteiger partial charge >= 0.3 is 5.97 Å².